The molecule has 7 heteroatoms. The first kappa shape index (κ1) is 16.0. The summed E-state index contributed by atoms with van der Waals surface area (Å²) < 4.78 is 1.64. The molecule has 2 amide bonds. The normalized spacial score (nSPS) is 13.2. The molecule has 0 spiro atoms. The van der Waals surface area contributed by atoms with Gasteiger partial charge >= 0.3 is 0 Å². The van der Waals surface area contributed by atoms with Crippen LogP contribution in [0.2, 0.25) is 0 Å². The van der Waals surface area contributed by atoms with Gasteiger partial charge < -0.3 is 10.6 Å². The smallest absolute Gasteiger partial charge is 0.255 e. The number of nitrogens with zero attached hydrogens (tertiary/aromatic N) is 3. The van der Waals surface area contributed by atoms with Gasteiger partial charge in [0, 0.05) is 22.9 Å². The minimum Gasteiger partial charge on any atom is -0.326 e. The molecule has 1 aliphatic rings. The number of hydrogen-bond acceptors (Lipinski definition) is 4. The molecule has 0 unspecified atom stereocenters. The zero-order chi connectivity index (χ0) is 17.9. The van der Waals surface area contributed by atoms with Gasteiger partial charge in [-0.1, -0.05) is 6.07 Å². The molecule has 1 aromatic heterocycles. The third kappa shape index (κ3) is 3.61. The van der Waals surface area contributed by atoms with Gasteiger partial charge in [0.15, 0.2) is 0 Å². The number of benzene rings is 2. The van der Waals surface area contributed by atoms with E-state index in [0.29, 0.717) is 16.9 Å². The highest BCUT2D eigenvalue weighted by Crippen LogP contribution is 2.30. The predicted octanol–water partition coefficient (Wildman–Crippen LogP) is 2.87. The van der Waals surface area contributed by atoms with Crippen molar-refractivity contribution in [2.24, 2.45) is 5.92 Å². The number of amides is 2. The fourth-order valence-electron chi connectivity index (χ4n) is 2.57. The number of hydrogen-bond donors (Lipinski definition) is 2. The summed E-state index contributed by atoms with van der Waals surface area (Å²) in [7, 11) is 0. The molecule has 1 heterocycles. The summed E-state index contributed by atoms with van der Waals surface area (Å²) in [5.41, 5.74) is 2.64. The highest BCUT2D eigenvalue weighted by atomic mass is 16.2. The Kier molecular flexibility index (Phi) is 4.18. The van der Waals surface area contributed by atoms with Gasteiger partial charge in [0.25, 0.3) is 5.91 Å². The Morgan fingerprint density at radius 1 is 1.00 bits per heavy atom. The zero-order valence-electron chi connectivity index (χ0n) is 13.9. The zero-order valence-corrected chi connectivity index (χ0v) is 13.9. The van der Waals surface area contributed by atoms with Crippen LogP contribution < -0.4 is 10.6 Å². The fourth-order valence-corrected chi connectivity index (χ4v) is 2.57. The first-order valence-corrected chi connectivity index (χ1v) is 8.36. The van der Waals surface area contributed by atoms with E-state index in [1.807, 2.05) is 12.1 Å². The maximum atomic E-state index is 12.5. The molecule has 0 radical (unpaired) electrons. The van der Waals surface area contributed by atoms with E-state index in [0.717, 1.165) is 18.5 Å². The molecule has 2 aromatic carbocycles. The molecule has 0 atom stereocenters. The number of anilines is 2. The van der Waals surface area contributed by atoms with Gasteiger partial charge in [-0.2, -0.15) is 5.10 Å². The van der Waals surface area contributed by atoms with Crippen LogP contribution in [0.25, 0.3) is 5.69 Å². The van der Waals surface area contributed by atoms with Gasteiger partial charge in [-0.3, -0.25) is 9.59 Å². The molecule has 0 saturated heterocycles. The van der Waals surface area contributed by atoms with Gasteiger partial charge in [-0.05, 0) is 55.3 Å². The van der Waals surface area contributed by atoms with Gasteiger partial charge in [0.05, 0.1) is 5.69 Å². The van der Waals surface area contributed by atoms with Crippen molar-refractivity contribution in [2.75, 3.05) is 10.6 Å². The molecule has 1 saturated carbocycles. The van der Waals surface area contributed by atoms with E-state index in [4.69, 9.17) is 0 Å². The quantitative estimate of drug-likeness (QED) is 0.743. The Hall–Kier alpha value is -3.48. The van der Waals surface area contributed by atoms with Crippen molar-refractivity contribution >= 4 is 23.2 Å². The minimum absolute atomic E-state index is 0.0197. The lowest BCUT2D eigenvalue weighted by molar-refractivity contribution is -0.117. The third-order valence-corrected chi connectivity index (χ3v) is 4.15. The van der Waals surface area contributed by atoms with Gasteiger partial charge in [0.2, 0.25) is 5.91 Å². The van der Waals surface area contributed by atoms with Crippen LogP contribution in [0.1, 0.15) is 23.2 Å². The second kappa shape index (κ2) is 6.79. The van der Waals surface area contributed by atoms with Crippen molar-refractivity contribution in [1.82, 2.24) is 14.8 Å². The third-order valence-electron chi connectivity index (χ3n) is 4.15. The molecule has 1 aliphatic carbocycles. The molecule has 0 aliphatic heterocycles. The lowest BCUT2D eigenvalue weighted by Gasteiger charge is -2.09. The van der Waals surface area contributed by atoms with Crippen molar-refractivity contribution in [3.05, 3.63) is 66.7 Å². The average molecular weight is 347 g/mol. The SMILES string of the molecule is O=C(Nc1ccc(-n2cncn2)cc1)c1cccc(NC(=O)C2CC2)c1. The Balaban J connectivity index is 1.43. The van der Waals surface area contributed by atoms with Crippen LogP contribution in [0.3, 0.4) is 0 Å². The topological polar surface area (TPSA) is 88.9 Å². The largest absolute Gasteiger partial charge is 0.326 e. The lowest BCUT2D eigenvalue weighted by Crippen LogP contribution is -2.15. The molecule has 130 valence electrons. The molecule has 2 N–H and O–H groups in total. The van der Waals surface area contributed by atoms with E-state index in [1.165, 1.54) is 6.33 Å². The second-order valence-electron chi connectivity index (χ2n) is 6.19. The van der Waals surface area contributed by atoms with Gasteiger partial charge in [-0.15, -0.1) is 0 Å². The van der Waals surface area contributed by atoms with E-state index in [-0.39, 0.29) is 17.7 Å². The van der Waals surface area contributed by atoms with Crippen LogP contribution in [0.15, 0.2) is 61.2 Å². The lowest BCUT2D eigenvalue weighted by atomic mass is 10.1. The molecule has 3 aromatic rings. The fraction of sp³-hybridized carbons (Fsp3) is 0.158. The summed E-state index contributed by atoms with van der Waals surface area (Å²) in [6.07, 6.45) is 4.95. The van der Waals surface area contributed by atoms with Crippen molar-refractivity contribution < 1.29 is 9.59 Å². The average Bonchev–Trinajstić information content (AvgIpc) is 3.38. The van der Waals surface area contributed by atoms with E-state index < -0.39 is 0 Å². The molecule has 0 bridgehead atoms. The Bertz CT molecular complexity index is 931. The Morgan fingerprint density at radius 2 is 1.81 bits per heavy atom. The van der Waals surface area contributed by atoms with Crippen LogP contribution in [0.4, 0.5) is 11.4 Å². The number of rotatable bonds is 5. The highest BCUT2D eigenvalue weighted by Gasteiger charge is 2.29. The number of carbonyl (C=O) groups is 2. The van der Waals surface area contributed by atoms with E-state index in [9.17, 15) is 9.59 Å². The second-order valence-corrected chi connectivity index (χ2v) is 6.19. The monoisotopic (exact) mass is 347 g/mol. The molecular weight excluding hydrogens is 330 g/mol. The minimum atomic E-state index is -0.235. The van der Waals surface area contributed by atoms with Crippen molar-refractivity contribution in [1.29, 1.82) is 0 Å². The summed E-state index contributed by atoms with van der Waals surface area (Å²) in [6, 6.07) is 14.2. The summed E-state index contributed by atoms with van der Waals surface area (Å²) >= 11 is 0. The highest BCUT2D eigenvalue weighted by molar-refractivity contribution is 6.05. The van der Waals surface area contributed by atoms with E-state index in [2.05, 4.69) is 20.7 Å². The summed E-state index contributed by atoms with van der Waals surface area (Å²) in [6.45, 7) is 0. The van der Waals surface area contributed by atoms with Crippen LogP contribution in [0, 0.1) is 5.92 Å². The van der Waals surface area contributed by atoms with Crippen LogP contribution >= 0.6 is 0 Å². The standard InChI is InChI=1S/C19H17N5O2/c25-18(13-4-5-13)23-16-3-1-2-14(10-16)19(26)22-15-6-8-17(9-7-15)24-12-20-11-21-24/h1-3,6-13H,4-5H2,(H,22,26)(H,23,25). The molecule has 26 heavy (non-hydrogen) atoms. The summed E-state index contributed by atoms with van der Waals surface area (Å²) in [4.78, 5) is 28.2. The Labute approximate surface area is 150 Å². The number of carbonyl (C=O) groups excluding carboxylic acids is 2. The predicted molar refractivity (Wildman–Crippen MR) is 97.1 cm³/mol. The maximum absolute atomic E-state index is 12.5. The van der Waals surface area contributed by atoms with Crippen molar-refractivity contribution in [2.45, 2.75) is 12.8 Å². The first-order chi connectivity index (χ1) is 12.7. The van der Waals surface area contributed by atoms with Crippen LogP contribution in [-0.4, -0.2) is 26.6 Å². The molecular formula is C19H17N5O2. The van der Waals surface area contributed by atoms with Crippen molar-refractivity contribution in [3.8, 4) is 5.69 Å². The maximum Gasteiger partial charge on any atom is 0.255 e. The van der Waals surface area contributed by atoms with Crippen LogP contribution in [-0.2, 0) is 4.79 Å². The van der Waals surface area contributed by atoms with Crippen LogP contribution in [0.5, 0.6) is 0 Å². The van der Waals surface area contributed by atoms with Gasteiger partial charge in [0.1, 0.15) is 12.7 Å². The summed E-state index contributed by atoms with van der Waals surface area (Å²) in [5.74, 6) is -0.0942. The Morgan fingerprint density at radius 3 is 2.50 bits per heavy atom. The van der Waals surface area contributed by atoms with E-state index >= 15 is 0 Å². The van der Waals surface area contributed by atoms with Gasteiger partial charge in [-0.25, -0.2) is 9.67 Å². The molecule has 4 rings (SSSR count). The first-order valence-electron chi connectivity index (χ1n) is 8.36. The number of aromatic nitrogens is 3. The summed E-state index contributed by atoms with van der Waals surface area (Å²) in [5, 5.41) is 9.76. The van der Waals surface area contributed by atoms with Crippen molar-refractivity contribution in [3.63, 3.8) is 0 Å². The molecule has 1 fully saturated rings. The molecule has 7 nitrogen and oxygen atoms in total. The number of nitrogens with one attached hydrogen (secondary N) is 2. The van der Waals surface area contributed by atoms with E-state index in [1.54, 1.807) is 47.4 Å².